The van der Waals surface area contributed by atoms with Gasteiger partial charge in [0.2, 0.25) is 10.0 Å². The van der Waals surface area contributed by atoms with E-state index < -0.39 is 10.0 Å². The summed E-state index contributed by atoms with van der Waals surface area (Å²) in [7, 11) is -3.85. The van der Waals surface area contributed by atoms with E-state index in [4.69, 9.17) is 16.3 Å². The largest absolute Gasteiger partial charge is 0.377 e. The molecule has 2 N–H and O–H groups in total. The van der Waals surface area contributed by atoms with Crippen LogP contribution >= 0.6 is 11.6 Å². The maximum atomic E-state index is 12.7. The zero-order chi connectivity index (χ0) is 21.6. The number of carbonyl (C=O) groups is 1. The molecule has 8 heteroatoms. The topological polar surface area (TPSA) is 84.5 Å². The van der Waals surface area contributed by atoms with Crippen LogP contribution < -0.4 is 10.0 Å². The van der Waals surface area contributed by atoms with E-state index in [-0.39, 0.29) is 34.0 Å². The van der Waals surface area contributed by atoms with Gasteiger partial charge in [0.1, 0.15) is 4.90 Å². The van der Waals surface area contributed by atoms with Gasteiger partial charge in [0, 0.05) is 25.3 Å². The second kappa shape index (κ2) is 10.4. The average molecular weight is 451 g/mol. The molecule has 1 amide bonds. The second-order valence-electron chi connectivity index (χ2n) is 7.49. The fourth-order valence-corrected chi connectivity index (χ4v) is 4.98. The van der Waals surface area contributed by atoms with Crippen LogP contribution in [0.2, 0.25) is 5.02 Å². The molecule has 2 aromatic carbocycles. The molecule has 6 nitrogen and oxygen atoms in total. The third-order valence-electron chi connectivity index (χ3n) is 5.24. The van der Waals surface area contributed by atoms with Crippen LogP contribution in [0.15, 0.2) is 53.4 Å². The number of hydrogen-bond donors (Lipinski definition) is 2. The molecule has 30 heavy (non-hydrogen) atoms. The van der Waals surface area contributed by atoms with Crippen molar-refractivity contribution in [2.45, 2.75) is 43.1 Å². The molecule has 0 saturated carbocycles. The van der Waals surface area contributed by atoms with Gasteiger partial charge in [0.15, 0.2) is 0 Å². The first kappa shape index (κ1) is 22.7. The molecule has 2 aromatic rings. The Balaban J connectivity index is 1.59. The third-order valence-corrected chi connectivity index (χ3v) is 7.14. The van der Waals surface area contributed by atoms with Gasteiger partial charge in [-0.25, -0.2) is 13.1 Å². The molecule has 162 valence electrons. The van der Waals surface area contributed by atoms with Crippen molar-refractivity contribution in [3.63, 3.8) is 0 Å². The Hall–Kier alpha value is -1.93. The number of carbonyl (C=O) groups excluding carboxylic acids is 1. The smallest absolute Gasteiger partial charge is 0.251 e. The molecule has 2 unspecified atom stereocenters. The highest BCUT2D eigenvalue weighted by atomic mass is 35.5. The lowest BCUT2D eigenvalue weighted by Crippen LogP contribution is -2.32. The van der Waals surface area contributed by atoms with E-state index in [0.717, 1.165) is 19.3 Å². The molecule has 0 spiro atoms. The van der Waals surface area contributed by atoms with Crippen LogP contribution in [0.1, 0.15) is 48.0 Å². The van der Waals surface area contributed by atoms with Gasteiger partial charge in [-0.15, -0.1) is 0 Å². The quantitative estimate of drug-likeness (QED) is 0.609. The minimum Gasteiger partial charge on any atom is -0.377 e. The fourth-order valence-electron chi connectivity index (χ4n) is 3.39. The van der Waals surface area contributed by atoms with Crippen LogP contribution in [-0.2, 0) is 14.8 Å². The minimum atomic E-state index is -3.85. The highest BCUT2D eigenvalue weighted by Gasteiger charge is 2.23. The predicted molar refractivity (Wildman–Crippen MR) is 117 cm³/mol. The minimum absolute atomic E-state index is 0.0732. The van der Waals surface area contributed by atoms with Gasteiger partial charge >= 0.3 is 0 Å². The lowest BCUT2D eigenvalue weighted by molar-refractivity contribution is 0.0952. The number of halogens is 1. The number of benzene rings is 2. The first-order chi connectivity index (χ1) is 14.4. The summed E-state index contributed by atoms with van der Waals surface area (Å²) in [5.74, 6) is -0.0304. The first-order valence-corrected chi connectivity index (χ1v) is 12.0. The number of amides is 1. The summed E-state index contributed by atoms with van der Waals surface area (Å²) in [4.78, 5) is 12.4. The van der Waals surface area contributed by atoms with E-state index in [1.807, 2.05) is 18.2 Å². The third kappa shape index (κ3) is 6.04. The van der Waals surface area contributed by atoms with Crippen LogP contribution in [0, 0.1) is 0 Å². The van der Waals surface area contributed by atoms with Crippen LogP contribution in [0.25, 0.3) is 0 Å². The van der Waals surface area contributed by atoms with Crippen molar-refractivity contribution in [2.24, 2.45) is 0 Å². The molecule has 1 saturated heterocycles. The van der Waals surface area contributed by atoms with Crippen LogP contribution in [0.3, 0.4) is 0 Å². The molecule has 0 radical (unpaired) electrons. The molecule has 0 aliphatic carbocycles. The average Bonchev–Trinajstić information content (AvgIpc) is 3.27. The molecule has 0 bridgehead atoms. The first-order valence-electron chi connectivity index (χ1n) is 10.1. The van der Waals surface area contributed by atoms with Gasteiger partial charge in [-0.2, -0.15) is 0 Å². The van der Waals surface area contributed by atoms with Gasteiger partial charge in [0.05, 0.1) is 11.1 Å². The van der Waals surface area contributed by atoms with E-state index >= 15 is 0 Å². The molecule has 1 aliphatic heterocycles. The summed E-state index contributed by atoms with van der Waals surface area (Å²) in [5.41, 5.74) is 1.47. The highest BCUT2D eigenvalue weighted by Crippen LogP contribution is 2.23. The fraction of sp³-hybridized carbons (Fsp3) is 0.409. The number of hydrogen-bond acceptors (Lipinski definition) is 4. The SMILES string of the molecule is CC(CCNC(=O)c1ccc(Cl)c(S(=O)(=O)NCC2CCCO2)c1)c1ccccc1. The van der Waals surface area contributed by atoms with E-state index in [0.29, 0.717) is 19.1 Å². The number of rotatable bonds is 9. The monoisotopic (exact) mass is 450 g/mol. The Kier molecular flexibility index (Phi) is 7.88. The summed E-state index contributed by atoms with van der Waals surface area (Å²) in [5, 5.41) is 2.93. The maximum Gasteiger partial charge on any atom is 0.251 e. The van der Waals surface area contributed by atoms with E-state index in [2.05, 4.69) is 29.1 Å². The summed E-state index contributed by atoms with van der Waals surface area (Å²) in [6, 6.07) is 14.4. The summed E-state index contributed by atoms with van der Waals surface area (Å²) >= 11 is 6.11. The Morgan fingerprint density at radius 2 is 2.00 bits per heavy atom. The number of nitrogens with one attached hydrogen (secondary N) is 2. The van der Waals surface area contributed by atoms with E-state index in [1.165, 1.54) is 23.8 Å². The standard InChI is InChI=1S/C22H27ClN2O4S/c1-16(17-6-3-2-4-7-17)11-12-24-22(26)18-9-10-20(23)21(14-18)30(27,28)25-15-19-8-5-13-29-19/h2-4,6-7,9-10,14,16,19,25H,5,8,11-13,15H2,1H3,(H,24,26). The molecule has 1 heterocycles. The van der Waals surface area contributed by atoms with Gasteiger partial charge in [-0.1, -0.05) is 48.9 Å². The van der Waals surface area contributed by atoms with Crippen molar-refractivity contribution >= 4 is 27.5 Å². The van der Waals surface area contributed by atoms with Crippen LogP contribution in [-0.4, -0.2) is 40.1 Å². The van der Waals surface area contributed by atoms with Gasteiger partial charge in [-0.05, 0) is 48.9 Å². The molecule has 1 fully saturated rings. The molecule has 2 atom stereocenters. The molecule has 1 aliphatic rings. The van der Waals surface area contributed by atoms with E-state index in [1.54, 1.807) is 0 Å². The zero-order valence-electron chi connectivity index (χ0n) is 16.9. The Morgan fingerprint density at radius 1 is 1.23 bits per heavy atom. The normalized spacial score (nSPS) is 17.6. The van der Waals surface area contributed by atoms with E-state index in [9.17, 15) is 13.2 Å². The summed E-state index contributed by atoms with van der Waals surface area (Å²) in [6.45, 7) is 3.42. The van der Waals surface area contributed by atoms with Gasteiger partial charge < -0.3 is 10.1 Å². The number of sulfonamides is 1. The Labute approximate surface area is 183 Å². The van der Waals surface area contributed by atoms with Crippen molar-refractivity contribution in [3.05, 3.63) is 64.7 Å². The Morgan fingerprint density at radius 3 is 2.70 bits per heavy atom. The Bertz CT molecular complexity index is 960. The van der Waals surface area contributed by atoms with Crippen LogP contribution in [0.5, 0.6) is 0 Å². The molecule has 3 rings (SSSR count). The summed E-state index contributed by atoms with van der Waals surface area (Å²) < 4.78 is 33.3. The molecular weight excluding hydrogens is 424 g/mol. The number of ether oxygens (including phenoxy) is 1. The summed E-state index contributed by atoms with van der Waals surface area (Å²) in [6.07, 6.45) is 2.39. The van der Waals surface area contributed by atoms with Gasteiger partial charge in [0.25, 0.3) is 5.91 Å². The van der Waals surface area contributed by atoms with Crippen molar-refractivity contribution in [1.29, 1.82) is 0 Å². The van der Waals surface area contributed by atoms with Gasteiger partial charge in [-0.3, -0.25) is 4.79 Å². The van der Waals surface area contributed by atoms with Crippen molar-refractivity contribution < 1.29 is 17.9 Å². The lowest BCUT2D eigenvalue weighted by Gasteiger charge is -2.14. The molecular formula is C22H27ClN2O4S. The van der Waals surface area contributed by atoms with Crippen molar-refractivity contribution in [2.75, 3.05) is 19.7 Å². The second-order valence-corrected chi connectivity index (χ2v) is 9.63. The van der Waals surface area contributed by atoms with Crippen LogP contribution in [0.4, 0.5) is 0 Å². The van der Waals surface area contributed by atoms with Crippen molar-refractivity contribution in [1.82, 2.24) is 10.0 Å². The molecule has 0 aromatic heterocycles. The zero-order valence-corrected chi connectivity index (χ0v) is 18.5. The maximum absolute atomic E-state index is 12.7. The van der Waals surface area contributed by atoms with Crippen molar-refractivity contribution in [3.8, 4) is 0 Å². The predicted octanol–water partition coefficient (Wildman–Crippen LogP) is 3.72. The lowest BCUT2D eigenvalue weighted by atomic mass is 9.98. The highest BCUT2D eigenvalue weighted by molar-refractivity contribution is 7.89.